The van der Waals surface area contributed by atoms with Crippen LogP contribution in [0.3, 0.4) is 0 Å². The van der Waals surface area contributed by atoms with E-state index in [0.29, 0.717) is 60.6 Å². The van der Waals surface area contributed by atoms with Crippen molar-refractivity contribution < 1.29 is 9.53 Å². The highest BCUT2D eigenvalue weighted by atomic mass is 35.5. The maximum absolute atomic E-state index is 13.7. The van der Waals surface area contributed by atoms with Crippen LogP contribution in [0.25, 0.3) is 11.3 Å². The smallest absolute Gasteiger partial charge is 0.260 e. The molecule has 182 valence electrons. The van der Waals surface area contributed by atoms with Gasteiger partial charge >= 0.3 is 0 Å². The van der Waals surface area contributed by atoms with Crippen molar-refractivity contribution in [1.82, 2.24) is 14.3 Å². The molecule has 10 heteroatoms. The van der Waals surface area contributed by atoms with Crippen LogP contribution in [0.15, 0.2) is 58.1 Å². The fraction of sp³-hybridized carbons (Fsp3) is 0.320. The SMILES string of the molecule is CC1(C(=O)n2nc(-c3cccn(Cc4ccsc4)c3=O)cc2NCc2ccc(Cl)s2)CCOCC1. The molecular formula is C25H25ClN4O3S2. The normalized spacial score (nSPS) is 15.3. The molecule has 4 aromatic rings. The molecule has 0 amide bonds. The van der Waals surface area contributed by atoms with Crippen LogP contribution in [0.1, 0.15) is 35.0 Å². The van der Waals surface area contributed by atoms with Gasteiger partial charge in [-0.15, -0.1) is 11.3 Å². The van der Waals surface area contributed by atoms with Gasteiger partial charge in [0.15, 0.2) is 0 Å². The van der Waals surface area contributed by atoms with Crippen LogP contribution in [-0.2, 0) is 17.8 Å². The van der Waals surface area contributed by atoms with Gasteiger partial charge in [0.1, 0.15) is 11.5 Å². The molecule has 35 heavy (non-hydrogen) atoms. The van der Waals surface area contributed by atoms with E-state index in [2.05, 4.69) is 10.4 Å². The first-order valence-corrected chi connectivity index (χ1v) is 13.5. The molecule has 1 saturated heterocycles. The zero-order valence-corrected chi connectivity index (χ0v) is 21.6. The second-order valence-corrected chi connectivity index (χ2v) is 11.4. The maximum Gasteiger partial charge on any atom is 0.260 e. The van der Waals surface area contributed by atoms with E-state index in [9.17, 15) is 9.59 Å². The number of ether oxygens (including phenoxy) is 1. The Morgan fingerprint density at radius 1 is 1.26 bits per heavy atom. The summed E-state index contributed by atoms with van der Waals surface area (Å²) in [4.78, 5) is 28.0. The van der Waals surface area contributed by atoms with Gasteiger partial charge in [0.05, 0.1) is 28.4 Å². The van der Waals surface area contributed by atoms with E-state index in [1.54, 1.807) is 34.2 Å². The van der Waals surface area contributed by atoms with Crippen molar-refractivity contribution in [3.8, 4) is 11.3 Å². The molecule has 0 saturated carbocycles. The van der Waals surface area contributed by atoms with Gasteiger partial charge in [-0.1, -0.05) is 18.5 Å². The number of anilines is 1. The molecule has 1 N–H and O–H groups in total. The van der Waals surface area contributed by atoms with Crippen molar-refractivity contribution in [2.75, 3.05) is 18.5 Å². The number of rotatable bonds is 7. The van der Waals surface area contributed by atoms with Crippen LogP contribution in [0.5, 0.6) is 0 Å². The second-order valence-electron chi connectivity index (χ2n) is 8.85. The number of halogens is 1. The van der Waals surface area contributed by atoms with Crippen molar-refractivity contribution in [2.24, 2.45) is 5.41 Å². The molecule has 0 atom stereocenters. The highest BCUT2D eigenvalue weighted by Crippen LogP contribution is 2.34. The summed E-state index contributed by atoms with van der Waals surface area (Å²) in [6.45, 7) is 4.01. The second kappa shape index (κ2) is 10.1. The molecule has 0 spiro atoms. The molecule has 4 aromatic heterocycles. The number of hydrogen-bond donors (Lipinski definition) is 1. The van der Waals surface area contributed by atoms with E-state index >= 15 is 0 Å². The number of pyridine rings is 1. The lowest BCUT2D eigenvalue weighted by atomic mass is 9.81. The topological polar surface area (TPSA) is 78.2 Å². The molecule has 1 fully saturated rings. The Morgan fingerprint density at radius 3 is 2.80 bits per heavy atom. The monoisotopic (exact) mass is 528 g/mol. The minimum Gasteiger partial charge on any atom is -0.381 e. The van der Waals surface area contributed by atoms with E-state index in [1.807, 2.05) is 41.9 Å². The van der Waals surface area contributed by atoms with Crippen LogP contribution in [-0.4, -0.2) is 33.5 Å². The highest BCUT2D eigenvalue weighted by Gasteiger charge is 2.38. The van der Waals surface area contributed by atoms with E-state index in [4.69, 9.17) is 16.3 Å². The summed E-state index contributed by atoms with van der Waals surface area (Å²) in [5.41, 5.74) is 1.25. The van der Waals surface area contributed by atoms with Crippen LogP contribution in [0.4, 0.5) is 5.82 Å². The largest absolute Gasteiger partial charge is 0.381 e. The fourth-order valence-electron chi connectivity index (χ4n) is 4.14. The number of carbonyl (C=O) groups excluding carboxylic acids is 1. The van der Waals surface area contributed by atoms with Gasteiger partial charge in [-0.2, -0.15) is 21.1 Å². The maximum atomic E-state index is 13.7. The molecule has 0 unspecified atom stereocenters. The lowest BCUT2D eigenvalue weighted by Gasteiger charge is -2.31. The standard InChI is InChI=1S/C25H25ClN4O3S2/c1-25(7-10-33-11-8-25)24(32)30-22(27-14-18-4-5-21(26)35-18)13-20(28-30)19-3-2-9-29(23(19)31)15-17-6-12-34-16-17/h2-6,9,12-13,16,27H,7-8,10-11,14-15H2,1H3. The zero-order chi connectivity index (χ0) is 24.4. The molecule has 5 rings (SSSR count). The number of aromatic nitrogens is 3. The quantitative estimate of drug-likeness (QED) is 0.337. The van der Waals surface area contributed by atoms with E-state index < -0.39 is 5.41 Å². The summed E-state index contributed by atoms with van der Waals surface area (Å²) in [6, 6.07) is 11.2. The van der Waals surface area contributed by atoms with E-state index in [0.717, 1.165) is 10.4 Å². The van der Waals surface area contributed by atoms with Crippen molar-refractivity contribution in [3.05, 3.63) is 78.5 Å². The first kappa shape index (κ1) is 24.0. The van der Waals surface area contributed by atoms with Gasteiger partial charge in [-0.25, -0.2) is 0 Å². The Hall–Kier alpha value is -2.72. The molecule has 0 aromatic carbocycles. The molecule has 0 aliphatic carbocycles. The summed E-state index contributed by atoms with van der Waals surface area (Å²) >= 11 is 9.16. The summed E-state index contributed by atoms with van der Waals surface area (Å²) in [7, 11) is 0. The fourth-order valence-corrected chi connectivity index (χ4v) is 5.83. The van der Waals surface area contributed by atoms with Gasteiger partial charge in [0.25, 0.3) is 11.5 Å². The van der Waals surface area contributed by atoms with Crippen molar-refractivity contribution in [2.45, 2.75) is 32.9 Å². The average Bonchev–Trinajstić information content (AvgIpc) is 3.61. The molecule has 5 heterocycles. The number of thiophene rings is 2. The van der Waals surface area contributed by atoms with Gasteiger partial charge in [-0.05, 0) is 59.5 Å². The molecule has 0 bridgehead atoms. The molecule has 7 nitrogen and oxygen atoms in total. The van der Waals surface area contributed by atoms with Gasteiger partial charge in [0.2, 0.25) is 0 Å². The minimum absolute atomic E-state index is 0.103. The summed E-state index contributed by atoms with van der Waals surface area (Å²) in [5.74, 6) is 0.447. The van der Waals surface area contributed by atoms with Crippen molar-refractivity contribution in [1.29, 1.82) is 0 Å². The predicted molar refractivity (Wildman–Crippen MR) is 141 cm³/mol. The van der Waals surface area contributed by atoms with Gasteiger partial charge in [0, 0.05) is 30.4 Å². The van der Waals surface area contributed by atoms with Crippen LogP contribution >= 0.6 is 34.3 Å². The third-order valence-corrected chi connectivity index (χ3v) is 8.28. The zero-order valence-electron chi connectivity index (χ0n) is 19.2. The average molecular weight is 529 g/mol. The third-order valence-electron chi connectivity index (χ3n) is 6.32. The summed E-state index contributed by atoms with van der Waals surface area (Å²) in [5, 5.41) is 12.0. The number of carbonyl (C=O) groups is 1. The van der Waals surface area contributed by atoms with Gasteiger partial charge in [-0.3, -0.25) is 9.59 Å². The van der Waals surface area contributed by atoms with E-state index in [-0.39, 0.29) is 11.5 Å². The third kappa shape index (κ3) is 5.13. The Bertz CT molecular complexity index is 1380. The summed E-state index contributed by atoms with van der Waals surface area (Å²) < 4.78 is 9.28. The van der Waals surface area contributed by atoms with E-state index in [1.165, 1.54) is 16.0 Å². The number of nitrogens with one attached hydrogen (secondary N) is 1. The number of nitrogens with zero attached hydrogens (tertiary/aromatic N) is 3. The predicted octanol–water partition coefficient (Wildman–Crippen LogP) is 5.61. The first-order valence-electron chi connectivity index (χ1n) is 11.3. The highest BCUT2D eigenvalue weighted by molar-refractivity contribution is 7.16. The number of hydrogen-bond acceptors (Lipinski definition) is 7. The minimum atomic E-state index is -0.583. The molecule has 0 radical (unpaired) electrons. The molecule has 1 aliphatic rings. The van der Waals surface area contributed by atoms with Crippen molar-refractivity contribution in [3.63, 3.8) is 0 Å². The van der Waals surface area contributed by atoms with Crippen LogP contribution in [0.2, 0.25) is 4.34 Å². The lowest BCUT2D eigenvalue weighted by Crippen LogP contribution is -2.38. The van der Waals surface area contributed by atoms with Crippen LogP contribution < -0.4 is 10.9 Å². The summed E-state index contributed by atoms with van der Waals surface area (Å²) in [6.07, 6.45) is 3.02. The van der Waals surface area contributed by atoms with Gasteiger partial charge < -0.3 is 14.6 Å². The Labute approximate surface area is 215 Å². The Morgan fingerprint density at radius 2 is 2.09 bits per heavy atom. The first-order chi connectivity index (χ1) is 16.9. The van der Waals surface area contributed by atoms with Crippen LogP contribution in [0, 0.1) is 5.41 Å². The molecular weight excluding hydrogens is 504 g/mol. The Kier molecular flexibility index (Phi) is 6.93. The Balaban J connectivity index is 1.50. The van der Waals surface area contributed by atoms with Crippen molar-refractivity contribution >= 4 is 46.0 Å². The lowest BCUT2D eigenvalue weighted by molar-refractivity contribution is 0.0169. The molecule has 1 aliphatic heterocycles.